The number of fused-ring (bicyclic) bond motifs is 2. The van der Waals surface area contributed by atoms with E-state index in [1.807, 2.05) is 0 Å². The summed E-state index contributed by atoms with van der Waals surface area (Å²) in [6.45, 7) is 6.19. The van der Waals surface area contributed by atoms with E-state index in [0.29, 0.717) is 17.4 Å². The van der Waals surface area contributed by atoms with Gasteiger partial charge in [0, 0.05) is 18.7 Å². The number of alkyl halides is 2. The highest BCUT2D eigenvalue weighted by Gasteiger charge is 2.35. The van der Waals surface area contributed by atoms with Crippen LogP contribution in [0, 0.1) is 11.6 Å². The van der Waals surface area contributed by atoms with Gasteiger partial charge in [0.25, 0.3) is 12.0 Å². The number of alkyl carbamates (subject to hydrolysis) is 1. The average molecular weight is 949 g/mol. The highest BCUT2D eigenvalue weighted by molar-refractivity contribution is 7.92. The number of amides is 1. The molecule has 6 aromatic rings. The summed E-state index contributed by atoms with van der Waals surface area (Å²) in [7, 11) is -6.57. The summed E-state index contributed by atoms with van der Waals surface area (Å²) >= 11 is 6.83. The van der Waals surface area contributed by atoms with Gasteiger partial charge >= 0.3 is 6.09 Å². The van der Waals surface area contributed by atoms with Gasteiger partial charge in [0.1, 0.15) is 35.4 Å². The number of carbonyl (C=O) groups is 1. The largest absolute Gasteiger partial charge is 0.497 e. The number of sulfonamides is 1. The lowest BCUT2D eigenvalue weighted by molar-refractivity contribution is 0.0500. The molecular formula is C43H45ClF4N6O8S2. The Morgan fingerprint density at radius 2 is 1.55 bits per heavy atom. The molecule has 1 N–H and O–H groups in total. The highest BCUT2D eigenvalue weighted by Crippen LogP contribution is 2.39. The zero-order valence-corrected chi connectivity index (χ0v) is 38.3. The second-order valence-corrected chi connectivity index (χ2v) is 21.5. The van der Waals surface area contributed by atoms with Crippen LogP contribution in [0.3, 0.4) is 0 Å². The molecule has 0 bridgehead atoms. The standard InChI is InChI=1S/C43H45ClF4N6O8S2/c1-42(2,3)62-41(56)50-33(19-25-17-27(45)21-28(46)18-25)38-49-32-20-26(43(4,5)63(7,57)58)11-14-30(32)40(55)54(38)34-16-15-31(44)36-37(34)52(23-35(47)48)51-39(36)53(64(8,59)60)22-24-9-12-29(61-6)13-10-24/h9-18,20-21,33,35H,19,22-23H2,1-8H3,(H,50,56)/t33-/m0/s1. The van der Waals surface area contributed by atoms with Crippen molar-refractivity contribution in [2.75, 3.05) is 23.9 Å². The molecule has 0 radical (unpaired) electrons. The Balaban J connectivity index is 1.73. The SMILES string of the molecule is COc1ccc(CN(c2nn(CC(F)F)c3c(-n4c([C@H](Cc5cc(F)cc(F)c5)NC(=O)OC(C)(C)C)nc5cc(C(C)(C)S(C)(=O)=O)ccc5c4=O)ccc(Cl)c23)S(C)(=O)=O)cc1. The number of halogens is 5. The van der Waals surface area contributed by atoms with Gasteiger partial charge in [0.2, 0.25) is 10.0 Å². The Morgan fingerprint density at radius 1 is 0.906 bits per heavy atom. The fourth-order valence-electron chi connectivity index (χ4n) is 6.99. The van der Waals surface area contributed by atoms with Crippen LogP contribution in [-0.4, -0.2) is 73.9 Å². The van der Waals surface area contributed by atoms with Crippen LogP contribution in [0.15, 0.2) is 77.6 Å². The molecular weight excluding hydrogens is 904 g/mol. The van der Waals surface area contributed by atoms with Gasteiger partial charge in [-0.15, -0.1) is 0 Å². The van der Waals surface area contributed by atoms with E-state index in [1.165, 1.54) is 51.3 Å². The molecule has 0 unspecified atom stereocenters. The second kappa shape index (κ2) is 17.7. The summed E-state index contributed by atoms with van der Waals surface area (Å²) in [5.74, 6) is -2.14. The number of carbonyl (C=O) groups excluding carboxylic acids is 1. The molecule has 6 rings (SSSR count). The zero-order valence-electron chi connectivity index (χ0n) is 35.9. The lowest BCUT2D eigenvalue weighted by Crippen LogP contribution is -2.39. The molecule has 14 nitrogen and oxygen atoms in total. The summed E-state index contributed by atoms with van der Waals surface area (Å²) in [5, 5.41) is 6.62. The quantitative estimate of drug-likeness (QED) is 0.106. The molecule has 2 aromatic heterocycles. The molecule has 1 atom stereocenters. The third-order valence-corrected chi connectivity index (χ3v) is 13.9. The van der Waals surface area contributed by atoms with Crippen molar-refractivity contribution in [1.82, 2.24) is 24.6 Å². The first-order chi connectivity index (χ1) is 29.7. The van der Waals surface area contributed by atoms with Gasteiger partial charge in [-0.05, 0) is 99.8 Å². The number of methoxy groups -OCH3 is 1. The van der Waals surface area contributed by atoms with Crippen LogP contribution in [0.2, 0.25) is 5.02 Å². The van der Waals surface area contributed by atoms with E-state index in [0.717, 1.165) is 38.2 Å². The number of ether oxygens (including phenoxy) is 2. The minimum Gasteiger partial charge on any atom is -0.497 e. The monoisotopic (exact) mass is 948 g/mol. The second-order valence-electron chi connectivity index (χ2n) is 16.6. The van der Waals surface area contributed by atoms with Crippen molar-refractivity contribution in [2.45, 2.75) is 76.9 Å². The molecule has 4 aromatic carbocycles. The Labute approximate surface area is 371 Å². The molecule has 21 heteroatoms. The summed E-state index contributed by atoms with van der Waals surface area (Å²) in [6, 6.07) is 14.2. The Hall–Kier alpha value is -5.73. The van der Waals surface area contributed by atoms with Crippen LogP contribution in [0.25, 0.3) is 27.5 Å². The van der Waals surface area contributed by atoms with Gasteiger partial charge in [-0.3, -0.25) is 14.0 Å². The molecule has 0 aliphatic heterocycles. The Morgan fingerprint density at radius 3 is 2.11 bits per heavy atom. The number of hydrogen-bond donors (Lipinski definition) is 1. The number of anilines is 1. The first-order valence-corrected chi connectivity index (χ1v) is 23.6. The van der Waals surface area contributed by atoms with Crippen molar-refractivity contribution in [2.24, 2.45) is 0 Å². The van der Waals surface area contributed by atoms with E-state index in [-0.39, 0.29) is 61.8 Å². The predicted molar refractivity (Wildman–Crippen MR) is 236 cm³/mol. The molecule has 0 spiro atoms. The fourth-order valence-corrected chi connectivity index (χ4v) is 8.60. The van der Waals surface area contributed by atoms with Crippen LogP contribution in [-0.2, 0) is 48.9 Å². The fraction of sp³-hybridized carbons (Fsp3) is 0.349. The maximum Gasteiger partial charge on any atom is 0.408 e. The van der Waals surface area contributed by atoms with E-state index in [2.05, 4.69) is 10.4 Å². The molecule has 0 saturated carbocycles. The number of benzene rings is 4. The van der Waals surface area contributed by atoms with E-state index >= 15 is 4.79 Å². The summed E-state index contributed by atoms with van der Waals surface area (Å²) in [6.07, 6.45) is -2.64. The lowest BCUT2D eigenvalue weighted by Gasteiger charge is -2.27. The van der Waals surface area contributed by atoms with Gasteiger partial charge in [-0.1, -0.05) is 29.8 Å². The van der Waals surface area contributed by atoms with Gasteiger partial charge < -0.3 is 14.8 Å². The van der Waals surface area contributed by atoms with Crippen molar-refractivity contribution in [1.29, 1.82) is 0 Å². The summed E-state index contributed by atoms with van der Waals surface area (Å²) in [5.41, 5.74) is -1.81. The van der Waals surface area contributed by atoms with Gasteiger partial charge in [-0.25, -0.2) is 48.5 Å². The molecule has 0 saturated heterocycles. The number of sulfone groups is 1. The zero-order chi connectivity index (χ0) is 47.3. The Kier molecular flexibility index (Phi) is 13.2. The van der Waals surface area contributed by atoms with Crippen molar-refractivity contribution in [3.63, 3.8) is 0 Å². The van der Waals surface area contributed by atoms with E-state index in [4.69, 9.17) is 26.1 Å². The van der Waals surface area contributed by atoms with Gasteiger partial charge in [0.05, 0.1) is 63.2 Å². The third kappa shape index (κ3) is 10.1. The van der Waals surface area contributed by atoms with Crippen LogP contribution < -0.4 is 19.9 Å². The maximum atomic E-state index is 15.2. The van der Waals surface area contributed by atoms with Crippen molar-refractivity contribution in [3.8, 4) is 11.4 Å². The van der Waals surface area contributed by atoms with Crippen molar-refractivity contribution in [3.05, 3.63) is 122 Å². The van der Waals surface area contributed by atoms with Gasteiger partial charge in [0.15, 0.2) is 15.7 Å². The Bertz CT molecular complexity index is 3050. The average Bonchev–Trinajstić information content (AvgIpc) is 3.53. The minimum atomic E-state index is -4.25. The van der Waals surface area contributed by atoms with Crippen LogP contribution >= 0.6 is 11.6 Å². The summed E-state index contributed by atoms with van der Waals surface area (Å²) < 4.78 is 123. The first-order valence-electron chi connectivity index (χ1n) is 19.5. The number of hydrogen-bond acceptors (Lipinski definition) is 10. The molecule has 1 amide bonds. The minimum absolute atomic E-state index is 0.0139. The normalized spacial score (nSPS) is 13.1. The number of nitrogens with zero attached hydrogens (tertiary/aromatic N) is 5. The lowest BCUT2D eigenvalue weighted by atomic mass is 10.00. The molecule has 2 heterocycles. The number of rotatable bonds is 14. The van der Waals surface area contributed by atoms with E-state index in [9.17, 15) is 39.2 Å². The molecule has 342 valence electrons. The third-order valence-electron chi connectivity index (χ3n) is 10.4. The summed E-state index contributed by atoms with van der Waals surface area (Å²) in [4.78, 5) is 33.6. The number of aromatic nitrogens is 4. The molecule has 64 heavy (non-hydrogen) atoms. The highest BCUT2D eigenvalue weighted by atomic mass is 35.5. The van der Waals surface area contributed by atoms with E-state index < -0.39 is 78.9 Å². The number of nitrogens with one attached hydrogen (secondary N) is 1. The topological polar surface area (TPSA) is 172 Å². The first kappa shape index (κ1) is 47.7. The van der Waals surface area contributed by atoms with Crippen LogP contribution in [0.4, 0.5) is 28.2 Å². The maximum absolute atomic E-state index is 15.2. The molecule has 0 aliphatic rings. The van der Waals surface area contributed by atoms with Crippen LogP contribution in [0.5, 0.6) is 5.75 Å². The van der Waals surface area contributed by atoms with Crippen LogP contribution in [0.1, 0.15) is 63.2 Å². The smallest absolute Gasteiger partial charge is 0.408 e. The van der Waals surface area contributed by atoms with E-state index in [1.54, 1.807) is 45.0 Å². The van der Waals surface area contributed by atoms with Gasteiger partial charge in [-0.2, -0.15) is 5.10 Å². The van der Waals surface area contributed by atoms with Crippen molar-refractivity contribution < 1.29 is 48.7 Å². The predicted octanol–water partition coefficient (Wildman–Crippen LogP) is 8.00. The molecule has 0 aliphatic carbocycles. The van der Waals surface area contributed by atoms with Crippen molar-refractivity contribution >= 4 is 65.2 Å². The molecule has 0 fully saturated rings.